The Balaban J connectivity index is 2.01. The number of rotatable bonds is 4. The minimum Gasteiger partial charge on any atom is -0.379 e. The van der Waals surface area contributed by atoms with Crippen LogP contribution in [-0.4, -0.2) is 49.7 Å². The van der Waals surface area contributed by atoms with Crippen molar-refractivity contribution in [3.05, 3.63) is 18.3 Å². The van der Waals surface area contributed by atoms with Crippen LogP contribution in [0.2, 0.25) is 0 Å². The molecule has 1 aromatic heterocycles. The van der Waals surface area contributed by atoms with Crippen molar-refractivity contribution >= 4 is 11.5 Å². The van der Waals surface area contributed by atoms with Crippen molar-refractivity contribution in [2.24, 2.45) is 0 Å². The first-order valence-electron chi connectivity index (χ1n) is 7.32. The van der Waals surface area contributed by atoms with Crippen LogP contribution in [-0.2, 0) is 0 Å². The summed E-state index contributed by atoms with van der Waals surface area (Å²) in [5.41, 5.74) is 1.16. The summed E-state index contributed by atoms with van der Waals surface area (Å²) in [6.45, 7) is 5.86. The van der Waals surface area contributed by atoms with Gasteiger partial charge in [-0.2, -0.15) is 0 Å². The molecule has 4 heteroatoms. The van der Waals surface area contributed by atoms with E-state index < -0.39 is 0 Å². The number of nitrogens with zero attached hydrogens (tertiary/aromatic N) is 3. The molecule has 0 radical (unpaired) electrons. The zero-order valence-corrected chi connectivity index (χ0v) is 12.4. The van der Waals surface area contributed by atoms with Gasteiger partial charge in [-0.1, -0.05) is 6.92 Å². The minimum absolute atomic E-state index is 0.569. The number of pyridine rings is 1. The Bertz CT molecular complexity index is 391. The van der Waals surface area contributed by atoms with E-state index in [4.69, 9.17) is 0 Å². The Kier molecular flexibility index (Phi) is 5.02. The van der Waals surface area contributed by atoms with Crippen molar-refractivity contribution in [1.82, 2.24) is 9.88 Å². The van der Waals surface area contributed by atoms with Crippen LogP contribution in [0.3, 0.4) is 0 Å². The molecule has 0 bridgehead atoms. The predicted octanol–water partition coefficient (Wildman–Crippen LogP) is 2.43. The molecule has 106 valence electrons. The summed E-state index contributed by atoms with van der Waals surface area (Å²) in [6.07, 6.45) is 5.60. The number of hydrogen-bond acceptors (Lipinski definition) is 4. The number of likely N-dealkylation sites (tertiary alicyclic amines) is 1. The van der Waals surface area contributed by atoms with Gasteiger partial charge in [0.15, 0.2) is 5.82 Å². The Morgan fingerprint density at radius 1 is 1.37 bits per heavy atom. The van der Waals surface area contributed by atoms with Crippen LogP contribution in [0.4, 0.5) is 11.5 Å². The quantitative estimate of drug-likeness (QED) is 0.903. The molecule has 4 nitrogen and oxygen atoms in total. The molecule has 2 heterocycles. The molecule has 0 amide bonds. The molecule has 1 unspecified atom stereocenters. The highest BCUT2D eigenvalue weighted by molar-refractivity contribution is 5.65. The fourth-order valence-corrected chi connectivity index (χ4v) is 2.70. The van der Waals surface area contributed by atoms with Crippen molar-refractivity contribution < 1.29 is 0 Å². The van der Waals surface area contributed by atoms with Gasteiger partial charge < -0.3 is 15.1 Å². The number of anilines is 2. The van der Waals surface area contributed by atoms with Crippen LogP contribution in [0.15, 0.2) is 18.3 Å². The van der Waals surface area contributed by atoms with E-state index in [0.717, 1.165) is 11.5 Å². The summed E-state index contributed by atoms with van der Waals surface area (Å²) >= 11 is 0. The summed E-state index contributed by atoms with van der Waals surface area (Å²) < 4.78 is 0. The highest BCUT2D eigenvalue weighted by Crippen LogP contribution is 2.24. The number of hydrogen-bond donors (Lipinski definition) is 1. The molecule has 2 rings (SSSR count). The lowest BCUT2D eigenvalue weighted by Gasteiger charge is -2.22. The van der Waals surface area contributed by atoms with E-state index in [1.165, 1.54) is 38.9 Å². The average molecular weight is 262 g/mol. The van der Waals surface area contributed by atoms with Gasteiger partial charge in [0.2, 0.25) is 0 Å². The van der Waals surface area contributed by atoms with Crippen molar-refractivity contribution in [1.29, 1.82) is 0 Å². The first-order valence-corrected chi connectivity index (χ1v) is 7.32. The van der Waals surface area contributed by atoms with E-state index in [9.17, 15) is 0 Å². The van der Waals surface area contributed by atoms with Crippen LogP contribution < -0.4 is 10.2 Å². The molecule has 0 spiro atoms. The third-order valence-corrected chi connectivity index (χ3v) is 3.84. The van der Waals surface area contributed by atoms with E-state index >= 15 is 0 Å². The van der Waals surface area contributed by atoms with Crippen molar-refractivity contribution in [3.63, 3.8) is 0 Å². The molecule has 0 aliphatic carbocycles. The normalized spacial score (nSPS) is 20.9. The molecular formula is C15H26N4. The predicted molar refractivity (Wildman–Crippen MR) is 81.9 cm³/mol. The van der Waals surface area contributed by atoms with Crippen LogP contribution in [0, 0.1) is 0 Å². The Hall–Kier alpha value is -1.29. The molecule has 1 saturated heterocycles. The van der Waals surface area contributed by atoms with Crippen molar-refractivity contribution in [3.8, 4) is 0 Å². The largest absolute Gasteiger partial charge is 0.379 e. The van der Waals surface area contributed by atoms with Gasteiger partial charge in [0.25, 0.3) is 0 Å². The lowest BCUT2D eigenvalue weighted by molar-refractivity contribution is 0.300. The summed E-state index contributed by atoms with van der Waals surface area (Å²) in [5.74, 6) is 1.03. The molecule has 1 aliphatic heterocycles. The molecule has 1 atom stereocenters. The van der Waals surface area contributed by atoms with Gasteiger partial charge in [-0.05, 0) is 44.5 Å². The highest BCUT2D eigenvalue weighted by atomic mass is 15.2. The first kappa shape index (κ1) is 14.1. The van der Waals surface area contributed by atoms with Crippen molar-refractivity contribution in [2.75, 3.05) is 43.9 Å². The fraction of sp³-hybridized carbons (Fsp3) is 0.667. The minimum atomic E-state index is 0.569. The first-order chi connectivity index (χ1) is 9.20. The van der Waals surface area contributed by atoms with E-state index in [1.54, 1.807) is 0 Å². The molecule has 0 saturated carbocycles. The van der Waals surface area contributed by atoms with Gasteiger partial charge in [-0.25, -0.2) is 4.98 Å². The van der Waals surface area contributed by atoms with Crippen LogP contribution in [0.25, 0.3) is 0 Å². The highest BCUT2D eigenvalue weighted by Gasteiger charge is 2.17. The van der Waals surface area contributed by atoms with E-state index in [1.807, 2.05) is 26.4 Å². The number of nitrogens with one attached hydrogen (secondary N) is 1. The monoisotopic (exact) mass is 262 g/mol. The lowest BCUT2D eigenvalue weighted by Crippen LogP contribution is -2.26. The summed E-state index contributed by atoms with van der Waals surface area (Å²) in [7, 11) is 4.08. The smallest absolute Gasteiger partial charge is 0.151 e. The zero-order valence-electron chi connectivity index (χ0n) is 12.4. The average Bonchev–Trinajstić information content (AvgIpc) is 2.64. The molecular weight excluding hydrogens is 236 g/mol. The van der Waals surface area contributed by atoms with Crippen LogP contribution >= 0.6 is 0 Å². The standard InChI is InChI=1S/C15H26N4/c1-4-19-11-6-7-13(9-12-19)17-14-8-5-10-16-15(14)18(2)3/h5,8,10,13,17H,4,6-7,9,11-12H2,1-3H3. The Morgan fingerprint density at radius 2 is 2.21 bits per heavy atom. The Morgan fingerprint density at radius 3 is 2.95 bits per heavy atom. The van der Waals surface area contributed by atoms with Gasteiger partial charge in [0.05, 0.1) is 5.69 Å². The van der Waals surface area contributed by atoms with Crippen molar-refractivity contribution in [2.45, 2.75) is 32.2 Å². The van der Waals surface area contributed by atoms with Gasteiger partial charge in [-0.3, -0.25) is 0 Å². The van der Waals surface area contributed by atoms with E-state index in [2.05, 4.69) is 33.1 Å². The molecule has 1 fully saturated rings. The SMILES string of the molecule is CCN1CCCC(Nc2cccnc2N(C)C)CC1. The van der Waals surface area contributed by atoms with Gasteiger partial charge in [0.1, 0.15) is 0 Å². The molecule has 0 aromatic carbocycles. The van der Waals surface area contributed by atoms with Gasteiger partial charge in [0, 0.05) is 32.9 Å². The third kappa shape index (κ3) is 3.83. The van der Waals surface area contributed by atoms with Crippen LogP contribution in [0.5, 0.6) is 0 Å². The molecule has 19 heavy (non-hydrogen) atoms. The second-order valence-electron chi connectivity index (χ2n) is 5.48. The molecule has 1 N–H and O–H groups in total. The van der Waals surface area contributed by atoms with Gasteiger partial charge in [-0.15, -0.1) is 0 Å². The van der Waals surface area contributed by atoms with E-state index in [0.29, 0.717) is 6.04 Å². The maximum atomic E-state index is 4.45. The summed E-state index contributed by atoms with van der Waals surface area (Å²) in [4.78, 5) is 9.06. The fourth-order valence-electron chi connectivity index (χ4n) is 2.70. The van der Waals surface area contributed by atoms with E-state index in [-0.39, 0.29) is 0 Å². The summed E-state index contributed by atoms with van der Waals surface area (Å²) in [5, 5.41) is 3.68. The second kappa shape index (κ2) is 6.75. The zero-order chi connectivity index (χ0) is 13.7. The molecule has 1 aliphatic rings. The van der Waals surface area contributed by atoms with Gasteiger partial charge >= 0.3 is 0 Å². The van der Waals surface area contributed by atoms with Crippen LogP contribution in [0.1, 0.15) is 26.2 Å². The maximum absolute atomic E-state index is 4.45. The topological polar surface area (TPSA) is 31.4 Å². The second-order valence-corrected chi connectivity index (χ2v) is 5.48. The molecule has 1 aromatic rings. The number of aromatic nitrogens is 1. The lowest BCUT2D eigenvalue weighted by atomic mass is 10.1. The third-order valence-electron chi connectivity index (χ3n) is 3.84. The Labute approximate surface area is 116 Å². The maximum Gasteiger partial charge on any atom is 0.151 e. The summed E-state index contributed by atoms with van der Waals surface area (Å²) in [6, 6.07) is 4.70.